The van der Waals surface area contributed by atoms with Crippen molar-refractivity contribution in [3.63, 3.8) is 0 Å². The van der Waals surface area contributed by atoms with E-state index in [9.17, 15) is 18.0 Å². The van der Waals surface area contributed by atoms with Crippen LogP contribution in [0.25, 0.3) is 0 Å². The Balaban J connectivity index is 2.10. The van der Waals surface area contributed by atoms with Gasteiger partial charge in [-0.25, -0.2) is 8.42 Å². The van der Waals surface area contributed by atoms with Crippen LogP contribution in [0.3, 0.4) is 0 Å². The summed E-state index contributed by atoms with van der Waals surface area (Å²) in [6, 6.07) is 18.8. The molecule has 3 aromatic carbocycles. The Morgan fingerprint density at radius 1 is 0.951 bits per heavy atom. The molecule has 0 aliphatic heterocycles. The van der Waals surface area contributed by atoms with Crippen molar-refractivity contribution in [2.45, 2.75) is 46.7 Å². The number of carbonyl (C=O) groups is 2. The van der Waals surface area contributed by atoms with E-state index in [4.69, 9.17) is 23.2 Å². The zero-order valence-corrected chi connectivity index (χ0v) is 26.4. The molecule has 0 saturated heterocycles. The fraction of sp³-hybridized carbons (Fsp3) is 0.355. The van der Waals surface area contributed by atoms with Gasteiger partial charge in [-0.2, -0.15) is 0 Å². The van der Waals surface area contributed by atoms with E-state index in [-0.39, 0.29) is 24.8 Å². The molecule has 1 atom stereocenters. The minimum Gasteiger partial charge on any atom is -0.354 e. The summed E-state index contributed by atoms with van der Waals surface area (Å²) in [7, 11) is -3.86. The van der Waals surface area contributed by atoms with Gasteiger partial charge < -0.3 is 10.2 Å². The number of anilines is 1. The predicted molar refractivity (Wildman–Crippen MR) is 167 cm³/mol. The highest BCUT2D eigenvalue weighted by Gasteiger charge is 2.33. The molecular weight excluding hydrogens is 581 g/mol. The monoisotopic (exact) mass is 617 g/mol. The zero-order valence-electron chi connectivity index (χ0n) is 24.0. The van der Waals surface area contributed by atoms with Crippen LogP contribution >= 0.6 is 23.2 Å². The standard InChI is InChI=1S/C31H37Cl2N3O4S/c1-21(2)18-34-31(38)29(16-24-9-7-6-8-10-24)35(19-25-13-14-26(32)17-27(25)33)30(37)20-36(41(5,39)40)28-15-22(3)11-12-23(28)4/h6-15,17,21,29H,16,18-20H2,1-5H3,(H,34,38). The van der Waals surface area contributed by atoms with E-state index in [0.717, 1.165) is 21.7 Å². The lowest BCUT2D eigenvalue weighted by Gasteiger charge is -2.34. The highest BCUT2D eigenvalue weighted by Crippen LogP contribution is 2.27. The lowest BCUT2D eigenvalue weighted by atomic mass is 10.0. The summed E-state index contributed by atoms with van der Waals surface area (Å²) in [6.07, 6.45) is 1.29. The highest BCUT2D eigenvalue weighted by molar-refractivity contribution is 7.92. The molecule has 3 rings (SSSR count). The van der Waals surface area contributed by atoms with Gasteiger partial charge in [0, 0.05) is 29.6 Å². The molecule has 0 aliphatic carbocycles. The third kappa shape index (κ3) is 9.21. The topological polar surface area (TPSA) is 86.8 Å². The Hall–Kier alpha value is -3.07. The normalized spacial score (nSPS) is 12.2. The van der Waals surface area contributed by atoms with Crippen molar-refractivity contribution in [1.82, 2.24) is 10.2 Å². The van der Waals surface area contributed by atoms with Gasteiger partial charge in [0.1, 0.15) is 12.6 Å². The van der Waals surface area contributed by atoms with Crippen LogP contribution in [0.15, 0.2) is 66.7 Å². The maximum absolute atomic E-state index is 14.2. The molecule has 0 bridgehead atoms. The van der Waals surface area contributed by atoms with Crippen LogP contribution in [-0.2, 0) is 32.6 Å². The number of nitrogens with zero attached hydrogens (tertiary/aromatic N) is 2. The molecule has 0 radical (unpaired) electrons. The summed E-state index contributed by atoms with van der Waals surface area (Å²) in [5.41, 5.74) is 3.40. The van der Waals surface area contributed by atoms with Crippen molar-refractivity contribution in [1.29, 1.82) is 0 Å². The molecule has 3 aromatic rings. The first-order valence-corrected chi connectivity index (χ1v) is 16.0. The van der Waals surface area contributed by atoms with E-state index in [2.05, 4.69) is 5.32 Å². The first-order valence-electron chi connectivity index (χ1n) is 13.4. The Morgan fingerprint density at radius 2 is 1.63 bits per heavy atom. The van der Waals surface area contributed by atoms with Gasteiger partial charge in [0.2, 0.25) is 21.8 Å². The van der Waals surface area contributed by atoms with E-state index >= 15 is 0 Å². The highest BCUT2D eigenvalue weighted by atomic mass is 35.5. The van der Waals surface area contributed by atoms with Gasteiger partial charge in [-0.05, 0) is 60.2 Å². The van der Waals surface area contributed by atoms with E-state index < -0.39 is 28.5 Å². The van der Waals surface area contributed by atoms with Crippen LogP contribution in [0.5, 0.6) is 0 Å². The van der Waals surface area contributed by atoms with Crippen molar-refractivity contribution < 1.29 is 18.0 Å². The second-order valence-electron chi connectivity index (χ2n) is 10.7. The average molecular weight is 619 g/mol. The maximum Gasteiger partial charge on any atom is 0.244 e. The quantitative estimate of drug-likeness (QED) is 0.279. The largest absolute Gasteiger partial charge is 0.354 e. The van der Waals surface area contributed by atoms with Gasteiger partial charge in [-0.1, -0.05) is 85.6 Å². The van der Waals surface area contributed by atoms with Crippen molar-refractivity contribution in [3.8, 4) is 0 Å². The van der Waals surface area contributed by atoms with Crippen molar-refractivity contribution >= 4 is 50.7 Å². The minimum absolute atomic E-state index is 0.0220. The number of halogens is 2. The summed E-state index contributed by atoms with van der Waals surface area (Å²) < 4.78 is 27.1. The van der Waals surface area contributed by atoms with E-state index in [1.807, 2.05) is 63.2 Å². The Bertz CT molecular complexity index is 1480. The molecule has 1 unspecified atom stereocenters. The molecule has 0 fully saturated rings. The second-order valence-corrected chi connectivity index (χ2v) is 13.4. The first-order chi connectivity index (χ1) is 19.3. The van der Waals surface area contributed by atoms with Crippen molar-refractivity contribution in [2.24, 2.45) is 5.92 Å². The average Bonchev–Trinajstić information content (AvgIpc) is 2.90. The SMILES string of the molecule is Cc1ccc(C)c(N(CC(=O)N(Cc2ccc(Cl)cc2Cl)C(Cc2ccccc2)C(=O)NCC(C)C)S(C)(=O)=O)c1. The van der Waals surface area contributed by atoms with Crippen LogP contribution in [0.4, 0.5) is 5.69 Å². The molecule has 7 nitrogen and oxygen atoms in total. The number of benzene rings is 3. The molecule has 220 valence electrons. The van der Waals surface area contributed by atoms with Gasteiger partial charge >= 0.3 is 0 Å². The van der Waals surface area contributed by atoms with Crippen LogP contribution < -0.4 is 9.62 Å². The molecule has 0 heterocycles. The molecule has 0 aliphatic rings. The third-order valence-electron chi connectivity index (χ3n) is 6.62. The molecule has 0 aromatic heterocycles. The number of amides is 2. The number of rotatable bonds is 12. The molecule has 1 N–H and O–H groups in total. The first kappa shape index (κ1) is 32.4. The van der Waals surface area contributed by atoms with Crippen molar-refractivity contribution in [2.75, 3.05) is 23.7 Å². The number of hydrogen-bond acceptors (Lipinski definition) is 4. The summed E-state index contributed by atoms with van der Waals surface area (Å²) >= 11 is 12.6. The van der Waals surface area contributed by atoms with Crippen molar-refractivity contribution in [3.05, 3.63) is 99.0 Å². The van der Waals surface area contributed by atoms with Gasteiger partial charge in [0.05, 0.1) is 11.9 Å². The fourth-order valence-electron chi connectivity index (χ4n) is 4.39. The summed E-state index contributed by atoms with van der Waals surface area (Å²) in [4.78, 5) is 29.3. The van der Waals surface area contributed by atoms with E-state index in [0.29, 0.717) is 33.4 Å². The van der Waals surface area contributed by atoms with Crippen LogP contribution in [0, 0.1) is 19.8 Å². The maximum atomic E-state index is 14.2. The van der Waals surface area contributed by atoms with Crippen LogP contribution in [-0.4, -0.2) is 50.5 Å². The van der Waals surface area contributed by atoms with Gasteiger partial charge in [0.15, 0.2) is 0 Å². The zero-order chi connectivity index (χ0) is 30.3. The summed E-state index contributed by atoms with van der Waals surface area (Å²) in [5, 5.41) is 3.73. The summed E-state index contributed by atoms with van der Waals surface area (Å²) in [6.45, 7) is 7.53. The lowest BCUT2D eigenvalue weighted by molar-refractivity contribution is -0.140. The number of hydrogen-bond donors (Lipinski definition) is 1. The predicted octanol–water partition coefficient (Wildman–Crippen LogP) is 5.79. The minimum atomic E-state index is -3.86. The number of carbonyl (C=O) groups excluding carboxylic acids is 2. The molecule has 10 heteroatoms. The molecule has 2 amide bonds. The molecule has 0 saturated carbocycles. The Kier molecular flexibility index (Phi) is 11.2. The fourth-order valence-corrected chi connectivity index (χ4v) is 5.76. The molecular formula is C31H37Cl2N3O4S. The van der Waals surface area contributed by atoms with Crippen LogP contribution in [0.1, 0.15) is 36.1 Å². The van der Waals surface area contributed by atoms with Gasteiger partial charge in [0.25, 0.3) is 0 Å². The molecule has 0 spiro atoms. The number of aryl methyl sites for hydroxylation is 2. The smallest absolute Gasteiger partial charge is 0.244 e. The second kappa shape index (κ2) is 14.2. The third-order valence-corrected chi connectivity index (χ3v) is 8.34. The lowest BCUT2D eigenvalue weighted by Crippen LogP contribution is -2.53. The number of sulfonamides is 1. The van der Waals surface area contributed by atoms with E-state index in [1.165, 1.54) is 4.90 Å². The number of nitrogens with one attached hydrogen (secondary N) is 1. The Morgan fingerprint density at radius 3 is 2.24 bits per heavy atom. The molecule has 41 heavy (non-hydrogen) atoms. The van der Waals surface area contributed by atoms with E-state index in [1.54, 1.807) is 31.2 Å². The van der Waals surface area contributed by atoms with Crippen LogP contribution in [0.2, 0.25) is 10.0 Å². The summed E-state index contributed by atoms with van der Waals surface area (Å²) in [5.74, 6) is -0.683. The van der Waals surface area contributed by atoms with Gasteiger partial charge in [-0.15, -0.1) is 0 Å². The van der Waals surface area contributed by atoms with Gasteiger partial charge in [-0.3, -0.25) is 13.9 Å². The Labute approximate surface area is 253 Å².